The molecule has 0 spiro atoms. The lowest BCUT2D eigenvalue weighted by Crippen LogP contribution is -2.44. The third-order valence-electron chi connectivity index (χ3n) is 4.36. The zero-order chi connectivity index (χ0) is 14.0. The van der Waals surface area contributed by atoms with E-state index >= 15 is 0 Å². The molecule has 0 bridgehead atoms. The van der Waals surface area contributed by atoms with Gasteiger partial charge in [0.05, 0.1) is 5.60 Å². The van der Waals surface area contributed by atoms with Gasteiger partial charge in [-0.2, -0.15) is 0 Å². The van der Waals surface area contributed by atoms with Crippen molar-refractivity contribution in [1.82, 2.24) is 9.80 Å². The lowest BCUT2D eigenvalue weighted by Gasteiger charge is -2.33. The minimum Gasteiger partial charge on any atom is -0.356 e. The molecule has 4 nitrogen and oxygen atoms in total. The molecule has 2 heterocycles. The van der Waals surface area contributed by atoms with Crippen LogP contribution < -0.4 is 0 Å². The molecule has 0 aromatic rings. The van der Waals surface area contributed by atoms with E-state index < -0.39 is 6.41 Å². The van der Waals surface area contributed by atoms with E-state index in [1.54, 1.807) is 0 Å². The maximum absolute atomic E-state index is 10.3. The minimum absolute atomic E-state index is 0.295. The Labute approximate surface area is 117 Å². The van der Waals surface area contributed by atoms with Gasteiger partial charge in [0.25, 0.3) is 0 Å². The van der Waals surface area contributed by atoms with Crippen LogP contribution >= 0.6 is 0 Å². The number of likely N-dealkylation sites (tertiary alicyclic amines) is 2. The van der Waals surface area contributed by atoms with Crippen molar-refractivity contribution in [3.63, 3.8) is 0 Å². The number of aliphatic hydroxyl groups is 1. The average molecular weight is 270 g/mol. The second-order valence-electron chi connectivity index (χ2n) is 7.07. The molecule has 1 N–H and O–H groups in total. The number of rotatable bonds is 3. The van der Waals surface area contributed by atoms with Gasteiger partial charge in [0.2, 0.25) is 6.41 Å². The van der Waals surface area contributed by atoms with E-state index in [9.17, 15) is 5.11 Å². The number of fused-ring (bicyclic) bond motifs is 1. The van der Waals surface area contributed by atoms with E-state index in [1.807, 2.05) is 20.8 Å². The molecule has 3 atom stereocenters. The van der Waals surface area contributed by atoms with E-state index in [1.165, 1.54) is 25.9 Å². The second kappa shape index (κ2) is 6.08. The van der Waals surface area contributed by atoms with Crippen molar-refractivity contribution in [2.75, 3.05) is 32.7 Å². The van der Waals surface area contributed by atoms with E-state index in [2.05, 4.69) is 16.7 Å². The van der Waals surface area contributed by atoms with Crippen LogP contribution in [0.2, 0.25) is 0 Å². The van der Waals surface area contributed by atoms with E-state index in [4.69, 9.17) is 4.74 Å². The first-order valence-corrected chi connectivity index (χ1v) is 7.71. The number of hydrogen-bond donors (Lipinski definition) is 1. The molecule has 2 rings (SSSR count). The van der Waals surface area contributed by atoms with Crippen molar-refractivity contribution >= 4 is 0 Å². The highest BCUT2D eigenvalue weighted by molar-refractivity contribution is 4.87. The molecule has 2 saturated heterocycles. The summed E-state index contributed by atoms with van der Waals surface area (Å²) in [6.07, 6.45) is 1.71. The maximum Gasteiger partial charge on any atom is 0.216 e. The van der Waals surface area contributed by atoms with Crippen LogP contribution in [0.5, 0.6) is 0 Å². The van der Waals surface area contributed by atoms with Crippen molar-refractivity contribution in [3.8, 4) is 0 Å². The second-order valence-corrected chi connectivity index (χ2v) is 7.07. The summed E-state index contributed by atoms with van der Waals surface area (Å²) < 4.78 is 5.70. The Morgan fingerprint density at radius 1 is 1.21 bits per heavy atom. The third kappa shape index (κ3) is 4.15. The van der Waals surface area contributed by atoms with Gasteiger partial charge >= 0.3 is 0 Å². The fourth-order valence-electron chi connectivity index (χ4n) is 3.37. The molecule has 0 amide bonds. The van der Waals surface area contributed by atoms with Crippen LogP contribution in [0.15, 0.2) is 0 Å². The van der Waals surface area contributed by atoms with Crippen LogP contribution in [-0.2, 0) is 4.74 Å². The molecule has 0 saturated carbocycles. The normalized spacial score (nSPS) is 32.1. The fraction of sp³-hybridized carbons (Fsp3) is 1.00. The van der Waals surface area contributed by atoms with Gasteiger partial charge < -0.3 is 14.7 Å². The summed E-state index contributed by atoms with van der Waals surface area (Å²) in [7, 11) is 0. The average Bonchev–Trinajstić information content (AvgIpc) is 2.58. The summed E-state index contributed by atoms with van der Waals surface area (Å²) in [5.74, 6) is 1.51. The molecule has 2 aliphatic rings. The van der Waals surface area contributed by atoms with Gasteiger partial charge in [0.1, 0.15) is 0 Å². The Morgan fingerprint density at radius 3 is 2.53 bits per heavy atom. The Balaban J connectivity index is 1.93. The highest BCUT2D eigenvalue weighted by Crippen LogP contribution is 2.31. The molecule has 112 valence electrons. The molecule has 19 heavy (non-hydrogen) atoms. The van der Waals surface area contributed by atoms with E-state index in [0.29, 0.717) is 5.92 Å². The van der Waals surface area contributed by atoms with Gasteiger partial charge in [-0.1, -0.05) is 6.92 Å². The van der Waals surface area contributed by atoms with Crippen LogP contribution in [-0.4, -0.2) is 59.6 Å². The van der Waals surface area contributed by atoms with Crippen LogP contribution in [0.4, 0.5) is 0 Å². The highest BCUT2D eigenvalue weighted by atomic mass is 16.6. The van der Waals surface area contributed by atoms with E-state index in [0.717, 1.165) is 25.6 Å². The Kier molecular flexibility index (Phi) is 4.88. The summed E-state index contributed by atoms with van der Waals surface area (Å²) in [6, 6.07) is 0. The SMILES string of the molecule is CCN1CC2CCCN(C(O)OC(C)(C)C)CC2C1. The Morgan fingerprint density at radius 2 is 1.89 bits per heavy atom. The Bertz CT molecular complexity index is 290. The number of nitrogens with zero attached hydrogens (tertiary/aromatic N) is 2. The first kappa shape index (κ1) is 15.2. The molecule has 3 unspecified atom stereocenters. The first-order chi connectivity index (χ1) is 8.89. The number of hydrogen-bond acceptors (Lipinski definition) is 4. The van der Waals surface area contributed by atoms with Gasteiger partial charge in [-0.05, 0) is 52.0 Å². The van der Waals surface area contributed by atoms with Crippen LogP contribution in [0.25, 0.3) is 0 Å². The zero-order valence-corrected chi connectivity index (χ0v) is 12.9. The predicted molar refractivity (Wildman–Crippen MR) is 76.7 cm³/mol. The van der Waals surface area contributed by atoms with Crippen molar-refractivity contribution in [3.05, 3.63) is 0 Å². The lowest BCUT2D eigenvalue weighted by molar-refractivity contribution is -0.240. The van der Waals surface area contributed by atoms with Crippen molar-refractivity contribution in [1.29, 1.82) is 0 Å². The van der Waals surface area contributed by atoms with Gasteiger partial charge in [-0.25, -0.2) is 0 Å². The predicted octanol–water partition coefficient (Wildman–Crippen LogP) is 1.74. The van der Waals surface area contributed by atoms with Gasteiger partial charge in [-0.3, -0.25) is 4.90 Å². The number of aliphatic hydroxyl groups excluding tert-OH is 1. The van der Waals surface area contributed by atoms with Crippen molar-refractivity contribution in [2.24, 2.45) is 11.8 Å². The molecular weight excluding hydrogens is 240 g/mol. The molecule has 0 radical (unpaired) electrons. The standard InChI is InChI=1S/C15H30N2O2/c1-5-16-9-12-7-6-8-17(11-13(12)10-16)14(18)19-15(2,3)4/h12-14,18H,5-11H2,1-4H3. The van der Waals surface area contributed by atoms with Gasteiger partial charge in [0, 0.05) is 26.2 Å². The summed E-state index contributed by atoms with van der Waals surface area (Å²) in [5, 5.41) is 10.3. The molecule has 4 heteroatoms. The molecule has 0 aromatic heterocycles. The largest absolute Gasteiger partial charge is 0.356 e. The summed E-state index contributed by atoms with van der Waals surface area (Å²) in [4.78, 5) is 4.66. The third-order valence-corrected chi connectivity index (χ3v) is 4.36. The van der Waals surface area contributed by atoms with Crippen molar-refractivity contribution < 1.29 is 9.84 Å². The fourth-order valence-corrected chi connectivity index (χ4v) is 3.37. The lowest BCUT2D eigenvalue weighted by atomic mass is 9.93. The molecular formula is C15H30N2O2. The molecule has 0 aromatic carbocycles. The first-order valence-electron chi connectivity index (χ1n) is 7.71. The van der Waals surface area contributed by atoms with Gasteiger partial charge in [0.15, 0.2) is 0 Å². The molecule has 2 aliphatic heterocycles. The highest BCUT2D eigenvalue weighted by Gasteiger charge is 2.36. The summed E-state index contributed by atoms with van der Waals surface area (Å²) in [6.45, 7) is 13.7. The summed E-state index contributed by atoms with van der Waals surface area (Å²) in [5.41, 5.74) is -0.295. The van der Waals surface area contributed by atoms with Crippen LogP contribution in [0, 0.1) is 11.8 Å². The molecule has 0 aliphatic carbocycles. The van der Waals surface area contributed by atoms with Crippen LogP contribution in [0.3, 0.4) is 0 Å². The quantitative estimate of drug-likeness (QED) is 0.793. The van der Waals surface area contributed by atoms with E-state index in [-0.39, 0.29) is 5.60 Å². The minimum atomic E-state index is -0.755. The van der Waals surface area contributed by atoms with Crippen molar-refractivity contribution in [2.45, 2.75) is 52.6 Å². The maximum atomic E-state index is 10.3. The van der Waals surface area contributed by atoms with Gasteiger partial charge in [-0.15, -0.1) is 0 Å². The van der Waals surface area contributed by atoms with Crippen LogP contribution in [0.1, 0.15) is 40.5 Å². The zero-order valence-electron chi connectivity index (χ0n) is 12.9. The smallest absolute Gasteiger partial charge is 0.216 e. The molecule has 2 fully saturated rings. The summed E-state index contributed by atoms with van der Waals surface area (Å²) >= 11 is 0. The Hall–Kier alpha value is -0.160. The number of ether oxygens (including phenoxy) is 1. The topological polar surface area (TPSA) is 35.9 Å². The monoisotopic (exact) mass is 270 g/mol.